The van der Waals surface area contributed by atoms with Gasteiger partial charge in [-0.05, 0) is 13.3 Å². The lowest BCUT2D eigenvalue weighted by molar-refractivity contribution is 0.219. The van der Waals surface area contributed by atoms with E-state index in [-0.39, 0.29) is 6.10 Å². The first-order valence-corrected chi connectivity index (χ1v) is 2.62. The molecule has 1 heteroatoms. The summed E-state index contributed by atoms with van der Waals surface area (Å²) in [6.45, 7) is 3.85. The lowest BCUT2D eigenvalue weighted by Gasteiger charge is -1.95. The summed E-state index contributed by atoms with van der Waals surface area (Å²) >= 11 is 0. The Morgan fingerprint density at radius 2 is 2.29 bits per heavy atom. The number of rotatable bonds is 2. The van der Waals surface area contributed by atoms with Crippen LogP contribution in [0.1, 0.15) is 20.3 Å². The van der Waals surface area contributed by atoms with Gasteiger partial charge in [-0.3, -0.25) is 0 Å². The van der Waals surface area contributed by atoms with E-state index >= 15 is 0 Å². The molecule has 0 aliphatic heterocycles. The molecule has 0 amide bonds. The van der Waals surface area contributed by atoms with Gasteiger partial charge < -0.3 is 5.11 Å². The summed E-state index contributed by atoms with van der Waals surface area (Å²) in [4.78, 5) is 0. The van der Waals surface area contributed by atoms with Crippen molar-refractivity contribution in [3.63, 3.8) is 0 Å². The van der Waals surface area contributed by atoms with Crippen molar-refractivity contribution >= 4 is 0 Å². The molecule has 1 atom stereocenters. The highest BCUT2D eigenvalue weighted by Gasteiger charge is 1.87. The van der Waals surface area contributed by atoms with Crippen LogP contribution in [0, 0.1) is 0 Å². The SMILES string of the molecule is C/C=C\C(O)CC. The van der Waals surface area contributed by atoms with Gasteiger partial charge in [-0.25, -0.2) is 0 Å². The second-order valence-corrected chi connectivity index (χ2v) is 1.50. The van der Waals surface area contributed by atoms with E-state index in [1.165, 1.54) is 0 Å². The van der Waals surface area contributed by atoms with Crippen LogP contribution in [0.3, 0.4) is 0 Å². The van der Waals surface area contributed by atoms with Crippen LogP contribution in [0.2, 0.25) is 0 Å². The second-order valence-electron chi connectivity index (χ2n) is 1.50. The number of aliphatic hydroxyl groups is 1. The molecule has 0 aliphatic carbocycles. The van der Waals surface area contributed by atoms with Gasteiger partial charge in [0.25, 0.3) is 0 Å². The average Bonchev–Trinajstić information content (AvgIpc) is 1.68. The van der Waals surface area contributed by atoms with E-state index in [2.05, 4.69) is 0 Å². The van der Waals surface area contributed by atoms with Crippen molar-refractivity contribution in [2.24, 2.45) is 0 Å². The lowest BCUT2D eigenvalue weighted by Crippen LogP contribution is -1.96. The molecule has 42 valence electrons. The Bertz CT molecular complexity index is 57.2. The van der Waals surface area contributed by atoms with E-state index in [0.717, 1.165) is 6.42 Å². The van der Waals surface area contributed by atoms with Gasteiger partial charge in [0.1, 0.15) is 0 Å². The third kappa shape index (κ3) is 3.53. The summed E-state index contributed by atoms with van der Waals surface area (Å²) in [5.41, 5.74) is 0. The van der Waals surface area contributed by atoms with Crippen molar-refractivity contribution in [1.82, 2.24) is 0 Å². The van der Waals surface area contributed by atoms with Crippen LogP contribution in [-0.2, 0) is 0 Å². The van der Waals surface area contributed by atoms with Crippen molar-refractivity contribution in [3.8, 4) is 0 Å². The predicted molar refractivity (Wildman–Crippen MR) is 31.1 cm³/mol. The van der Waals surface area contributed by atoms with Crippen LogP contribution in [0.25, 0.3) is 0 Å². The molecule has 0 heterocycles. The maximum Gasteiger partial charge on any atom is 0.0718 e. The molecule has 1 nitrogen and oxygen atoms in total. The van der Waals surface area contributed by atoms with Gasteiger partial charge in [0.15, 0.2) is 0 Å². The summed E-state index contributed by atoms with van der Waals surface area (Å²) in [7, 11) is 0. The van der Waals surface area contributed by atoms with Crippen LogP contribution >= 0.6 is 0 Å². The van der Waals surface area contributed by atoms with Crippen LogP contribution < -0.4 is 0 Å². The van der Waals surface area contributed by atoms with Gasteiger partial charge in [-0.2, -0.15) is 0 Å². The van der Waals surface area contributed by atoms with E-state index in [9.17, 15) is 0 Å². The first kappa shape index (κ1) is 6.70. The highest BCUT2D eigenvalue weighted by Crippen LogP contribution is 1.89. The molecule has 0 aliphatic rings. The van der Waals surface area contributed by atoms with E-state index in [0.29, 0.717) is 0 Å². The summed E-state index contributed by atoms with van der Waals surface area (Å²) in [6.07, 6.45) is 4.21. The van der Waals surface area contributed by atoms with Crippen molar-refractivity contribution in [3.05, 3.63) is 12.2 Å². The average molecular weight is 100 g/mol. The summed E-state index contributed by atoms with van der Waals surface area (Å²) in [5, 5.41) is 8.77. The molecule has 1 unspecified atom stereocenters. The van der Waals surface area contributed by atoms with Crippen molar-refractivity contribution in [1.29, 1.82) is 0 Å². The van der Waals surface area contributed by atoms with Crippen LogP contribution in [0.4, 0.5) is 0 Å². The van der Waals surface area contributed by atoms with Gasteiger partial charge in [0, 0.05) is 0 Å². The Kier molecular flexibility index (Phi) is 3.71. The standard InChI is InChI=1S/C6H12O/c1-3-5-6(7)4-2/h3,5-7H,4H2,1-2H3/b5-3-. The zero-order chi connectivity index (χ0) is 5.70. The maximum atomic E-state index is 8.77. The van der Waals surface area contributed by atoms with Gasteiger partial charge in [-0.15, -0.1) is 0 Å². The van der Waals surface area contributed by atoms with Crippen LogP contribution in [-0.4, -0.2) is 11.2 Å². The van der Waals surface area contributed by atoms with Gasteiger partial charge in [-0.1, -0.05) is 19.1 Å². The Morgan fingerprint density at radius 3 is 2.43 bits per heavy atom. The fourth-order valence-electron chi connectivity index (χ4n) is 0.358. The highest BCUT2D eigenvalue weighted by molar-refractivity contribution is 4.83. The topological polar surface area (TPSA) is 20.2 Å². The van der Waals surface area contributed by atoms with Crippen LogP contribution in [0.15, 0.2) is 12.2 Å². The van der Waals surface area contributed by atoms with Gasteiger partial charge in [0.05, 0.1) is 6.10 Å². The van der Waals surface area contributed by atoms with E-state index in [1.54, 1.807) is 6.08 Å². The number of hydrogen-bond acceptors (Lipinski definition) is 1. The zero-order valence-electron chi connectivity index (χ0n) is 4.89. The van der Waals surface area contributed by atoms with Crippen molar-refractivity contribution < 1.29 is 5.11 Å². The molecule has 0 bridgehead atoms. The Hall–Kier alpha value is -0.300. The molecule has 1 N–H and O–H groups in total. The third-order valence-electron chi connectivity index (χ3n) is 0.833. The maximum absolute atomic E-state index is 8.77. The summed E-state index contributed by atoms with van der Waals surface area (Å²) in [5.74, 6) is 0. The lowest BCUT2D eigenvalue weighted by atomic mass is 10.3. The minimum atomic E-state index is -0.231. The molecule has 0 saturated carbocycles. The smallest absolute Gasteiger partial charge is 0.0718 e. The fourth-order valence-corrected chi connectivity index (χ4v) is 0.358. The van der Waals surface area contributed by atoms with E-state index < -0.39 is 0 Å². The first-order valence-electron chi connectivity index (χ1n) is 2.62. The largest absolute Gasteiger partial charge is 0.389 e. The number of hydrogen-bond donors (Lipinski definition) is 1. The summed E-state index contributed by atoms with van der Waals surface area (Å²) < 4.78 is 0. The first-order chi connectivity index (χ1) is 3.31. The third-order valence-corrected chi connectivity index (χ3v) is 0.833. The monoisotopic (exact) mass is 100 g/mol. The molecule has 0 aromatic rings. The zero-order valence-corrected chi connectivity index (χ0v) is 4.89. The molecular formula is C6H12O. The number of allylic oxidation sites excluding steroid dienone is 1. The minimum Gasteiger partial charge on any atom is -0.389 e. The van der Waals surface area contributed by atoms with Crippen LogP contribution in [0.5, 0.6) is 0 Å². The number of aliphatic hydroxyl groups excluding tert-OH is 1. The van der Waals surface area contributed by atoms with Crippen molar-refractivity contribution in [2.45, 2.75) is 26.4 Å². The Balaban J connectivity index is 3.16. The quantitative estimate of drug-likeness (QED) is 0.519. The van der Waals surface area contributed by atoms with E-state index in [1.807, 2.05) is 19.9 Å². The van der Waals surface area contributed by atoms with Crippen molar-refractivity contribution in [2.75, 3.05) is 0 Å². The molecule has 7 heavy (non-hydrogen) atoms. The van der Waals surface area contributed by atoms with Gasteiger partial charge >= 0.3 is 0 Å². The normalized spacial score (nSPS) is 15.3. The molecule has 0 aromatic carbocycles. The second kappa shape index (κ2) is 3.88. The van der Waals surface area contributed by atoms with E-state index in [4.69, 9.17) is 5.11 Å². The molecular weight excluding hydrogens is 88.1 g/mol. The fraction of sp³-hybridized carbons (Fsp3) is 0.667. The highest BCUT2D eigenvalue weighted by atomic mass is 16.3. The predicted octanol–water partition coefficient (Wildman–Crippen LogP) is 1.33. The summed E-state index contributed by atoms with van der Waals surface area (Å²) in [6, 6.07) is 0. The molecule has 0 rings (SSSR count). The molecule has 0 saturated heterocycles. The molecule has 0 aromatic heterocycles. The Labute approximate surface area is 44.7 Å². The molecule has 0 fully saturated rings. The van der Waals surface area contributed by atoms with Gasteiger partial charge in [0.2, 0.25) is 0 Å². The molecule has 0 spiro atoms. The minimum absolute atomic E-state index is 0.231. The molecule has 0 radical (unpaired) electrons. The Morgan fingerprint density at radius 1 is 1.71 bits per heavy atom.